The van der Waals surface area contributed by atoms with E-state index in [2.05, 4.69) is 10.7 Å². The second kappa shape index (κ2) is 3.94. The molecule has 0 aliphatic carbocycles. The van der Waals surface area contributed by atoms with Gasteiger partial charge < -0.3 is 5.73 Å². The zero-order valence-corrected chi connectivity index (χ0v) is 4.44. The molecule has 0 radical (unpaired) electrons. The first kappa shape index (κ1) is 8.00. The first-order valence-electron chi connectivity index (χ1n) is 2.06. The molecule has 0 amide bonds. The summed E-state index contributed by atoms with van der Waals surface area (Å²) in [5.74, 6) is -3.06. The summed E-state index contributed by atoms with van der Waals surface area (Å²) in [5.41, 5.74) is 4.57. The topological polar surface area (TPSA) is 38.4 Å². The number of halogens is 3. The number of hydrogen-bond acceptors (Lipinski definition) is 1. The Hall–Kier alpha value is -1.00. The smallest absolute Gasteiger partial charge is 0.248 e. The van der Waals surface area contributed by atoms with Gasteiger partial charge in [-0.2, -0.15) is 4.39 Å². The SMILES string of the molecule is NC=N/C(F)=C(/F)CF. The lowest BCUT2D eigenvalue weighted by Gasteiger charge is -1.85. The summed E-state index contributed by atoms with van der Waals surface area (Å²) in [7, 11) is 0. The van der Waals surface area contributed by atoms with Crippen LogP contribution in [0.1, 0.15) is 0 Å². The van der Waals surface area contributed by atoms with Gasteiger partial charge in [-0.15, -0.1) is 0 Å². The standard InChI is InChI=1S/C4H5F3N2/c5-1-3(6)4(7)9-2-8/h2H,1H2,(H2,8,9)/b4-3+. The van der Waals surface area contributed by atoms with Crippen LogP contribution in [0.4, 0.5) is 13.2 Å². The highest BCUT2D eigenvalue weighted by molar-refractivity contribution is 5.52. The van der Waals surface area contributed by atoms with Gasteiger partial charge in [-0.3, -0.25) is 0 Å². The molecule has 0 aromatic heterocycles. The van der Waals surface area contributed by atoms with Crippen LogP contribution in [0.2, 0.25) is 0 Å². The Morgan fingerprint density at radius 2 is 2.11 bits per heavy atom. The second-order valence-electron chi connectivity index (χ2n) is 1.11. The Kier molecular flexibility index (Phi) is 3.50. The molecule has 0 bridgehead atoms. The van der Waals surface area contributed by atoms with Crippen LogP contribution in [0.15, 0.2) is 16.8 Å². The molecule has 0 rings (SSSR count). The third-order valence-electron chi connectivity index (χ3n) is 0.529. The van der Waals surface area contributed by atoms with Crippen LogP contribution in [-0.2, 0) is 0 Å². The van der Waals surface area contributed by atoms with E-state index in [-0.39, 0.29) is 0 Å². The fourth-order valence-electron chi connectivity index (χ4n) is 0.191. The Morgan fingerprint density at radius 3 is 2.44 bits per heavy atom. The lowest BCUT2D eigenvalue weighted by molar-refractivity contribution is 0.426. The normalized spacial score (nSPS) is 14.1. The number of rotatable bonds is 2. The van der Waals surface area contributed by atoms with E-state index in [1.165, 1.54) is 0 Å². The number of nitrogens with two attached hydrogens (primary N) is 1. The summed E-state index contributed by atoms with van der Waals surface area (Å²) in [6, 6.07) is 0. The molecular formula is C4H5F3N2. The molecule has 0 aliphatic rings. The third-order valence-corrected chi connectivity index (χ3v) is 0.529. The van der Waals surface area contributed by atoms with Crippen LogP contribution < -0.4 is 5.73 Å². The van der Waals surface area contributed by atoms with Crippen molar-refractivity contribution in [2.45, 2.75) is 0 Å². The van der Waals surface area contributed by atoms with E-state index in [4.69, 9.17) is 0 Å². The highest BCUT2D eigenvalue weighted by atomic mass is 19.2. The van der Waals surface area contributed by atoms with E-state index in [9.17, 15) is 13.2 Å². The Morgan fingerprint density at radius 1 is 1.56 bits per heavy atom. The maximum atomic E-state index is 11.8. The van der Waals surface area contributed by atoms with Crippen molar-refractivity contribution in [3.63, 3.8) is 0 Å². The molecule has 0 aromatic rings. The van der Waals surface area contributed by atoms with Crippen LogP contribution in [0.5, 0.6) is 0 Å². The van der Waals surface area contributed by atoms with Crippen LogP contribution in [0, 0.1) is 0 Å². The predicted octanol–water partition coefficient (Wildman–Crippen LogP) is 1.05. The average molecular weight is 138 g/mol. The molecule has 0 saturated carbocycles. The summed E-state index contributed by atoms with van der Waals surface area (Å²) in [5, 5.41) is 0. The molecule has 0 saturated heterocycles. The first-order valence-corrected chi connectivity index (χ1v) is 2.06. The van der Waals surface area contributed by atoms with Gasteiger partial charge in [0.05, 0.1) is 6.34 Å². The van der Waals surface area contributed by atoms with E-state index >= 15 is 0 Å². The molecule has 0 spiro atoms. The molecule has 0 unspecified atom stereocenters. The van der Waals surface area contributed by atoms with Crippen molar-refractivity contribution in [1.82, 2.24) is 0 Å². The van der Waals surface area contributed by atoms with Gasteiger partial charge in [-0.05, 0) is 0 Å². The largest absolute Gasteiger partial charge is 0.390 e. The fraction of sp³-hybridized carbons (Fsp3) is 0.250. The monoisotopic (exact) mass is 138 g/mol. The van der Waals surface area contributed by atoms with Gasteiger partial charge in [-0.1, -0.05) is 0 Å². The Bertz CT molecular complexity index is 141. The van der Waals surface area contributed by atoms with Gasteiger partial charge in [0.1, 0.15) is 6.67 Å². The summed E-state index contributed by atoms with van der Waals surface area (Å²) in [4.78, 5) is 2.65. The van der Waals surface area contributed by atoms with Crippen molar-refractivity contribution in [3.8, 4) is 0 Å². The van der Waals surface area contributed by atoms with Crippen molar-refractivity contribution in [1.29, 1.82) is 0 Å². The van der Waals surface area contributed by atoms with Crippen molar-refractivity contribution in [3.05, 3.63) is 11.8 Å². The maximum absolute atomic E-state index is 11.8. The number of allylic oxidation sites excluding steroid dienone is 1. The highest BCUT2D eigenvalue weighted by Gasteiger charge is 2.01. The molecule has 2 nitrogen and oxygen atoms in total. The van der Waals surface area contributed by atoms with Crippen LogP contribution in [-0.4, -0.2) is 13.0 Å². The molecule has 0 atom stereocenters. The minimum atomic E-state index is -1.54. The number of hydrogen-bond donors (Lipinski definition) is 1. The van der Waals surface area contributed by atoms with Gasteiger partial charge in [0.25, 0.3) is 0 Å². The summed E-state index contributed by atoms with van der Waals surface area (Å²) in [6.07, 6.45) is 0.546. The molecule has 0 aliphatic heterocycles. The van der Waals surface area contributed by atoms with Crippen molar-refractivity contribution < 1.29 is 13.2 Å². The lowest BCUT2D eigenvalue weighted by Crippen LogP contribution is -1.89. The highest BCUT2D eigenvalue weighted by Crippen LogP contribution is 2.08. The summed E-state index contributed by atoms with van der Waals surface area (Å²) >= 11 is 0. The van der Waals surface area contributed by atoms with E-state index in [0.717, 1.165) is 0 Å². The zero-order chi connectivity index (χ0) is 7.28. The van der Waals surface area contributed by atoms with Gasteiger partial charge in [-0.25, -0.2) is 13.8 Å². The van der Waals surface area contributed by atoms with Crippen LogP contribution in [0.3, 0.4) is 0 Å². The molecule has 2 N–H and O–H groups in total. The number of alkyl halides is 1. The molecule has 5 heteroatoms. The summed E-state index contributed by atoms with van der Waals surface area (Å²) in [6.45, 7) is -1.50. The molecule has 0 fully saturated rings. The van der Waals surface area contributed by atoms with Crippen molar-refractivity contribution in [2.75, 3.05) is 6.67 Å². The molecule has 0 heterocycles. The van der Waals surface area contributed by atoms with Crippen LogP contribution in [0.25, 0.3) is 0 Å². The van der Waals surface area contributed by atoms with Crippen molar-refractivity contribution >= 4 is 6.34 Å². The molecular weight excluding hydrogens is 133 g/mol. The quantitative estimate of drug-likeness (QED) is 0.345. The summed E-state index contributed by atoms with van der Waals surface area (Å²) < 4.78 is 34.6. The fourth-order valence-corrected chi connectivity index (χ4v) is 0.191. The number of nitrogens with zero attached hydrogens (tertiary/aromatic N) is 1. The van der Waals surface area contributed by atoms with E-state index in [1.807, 2.05) is 0 Å². The number of aliphatic imine (C=N–C) groups is 1. The second-order valence-corrected chi connectivity index (χ2v) is 1.11. The van der Waals surface area contributed by atoms with Gasteiger partial charge in [0.15, 0.2) is 5.83 Å². The third kappa shape index (κ3) is 2.73. The van der Waals surface area contributed by atoms with Gasteiger partial charge >= 0.3 is 0 Å². The minimum absolute atomic E-state index is 0.546. The zero-order valence-electron chi connectivity index (χ0n) is 4.44. The van der Waals surface area contributed by atoms with E-state index < -0.39 is 18.5 Å². The van der Waals surface area contributed by atoms with Crippen LogP contribution >= 0.6 is 0 Å². The van der Waals surface area contributed by atoms with Gasteiger partial charge in [0.2, 0.25) is 5.95 Å². The molecule has 9 heavy (non-hydrogen) atoms. The lowest BCUT2D eigenvalue weighted by atomic mass is 10.6. The molecule has 0 aromatic carbocycles. The minimum Gasteiger partial charge on any atom is -0.390 e. The maximum Gasteiger partial charge on any atom is 0.248 e. The molecule has 52 valence electrons. The Labute approximate surface area is 49.9 Å². The van der Waals surface area contributed by atoms with Crippen molar-refractivity contribution in [2.24, 2.45) is 10.7 Å². The van der Waals surface area contributed by atoms with E-state index in [0.29, 0.717) is 6.34 Å². The van der Waals surface area contributed by atoms with E-state index in [1.54, 1.807) is 0 Å². The first-order chi connectivity index (χ1) is 4.22. The Balaban J connectivity index is 4.10. The predicted molar refractivity (Wildman–Crippen MR) is 27.9 cm³/mol. The average Bonchev–Trinajstić information content (AvgIpc) is 1.87. The van der Waals surface area contributed by atoms with Gasteiger partial charge in [0, 0.05) is 0 Å².